The molecule has 3 aliphatic rings. The molecule has 4 rings (SSSR count). The highest BCUT2D eigenvalue weighted by molar-refractivity contribution is 5.20. The van der Waals surface area contributed by atoms with E-state index in [-0.39, 0.29) is 0 Å². The summed E-state index contributed by atoms with van der Waals surface area (Å²) in [4.78, 5) is 2.83. The number of rotatable bonds is 6. The van der Waals surface area contributed by atoms with E-state index in [2.05, 4.69) is 10.2 Å². The van der Waals surface area contributed by atoms with E-state index in [1.807, 2.05) is 30.3 Å². The number of fused-ring (bicyclic) bond motifs is 5. The SMILES string of the molecule is c1ccc(OCCCCN2C3CCC2C2CNCC23)cc1. The van der Waals surface area contributed by atoms with Crippen molar-refractivity contribution in [3.63, 3.8) is 0 Å². The standard InChI is InChI=1S/C18H26N2O/c1-2-6-14(7-3-1)21-11-5-4-10-20-17-8-9-18(20)16-13-19-12-15(16)17/h1-3,6-7,15-19H,4-5,8-13H2. The number of nitrogens with one attached hydrogen (secondary N) is 1. The van der Waals surface area contributed by atoms with Crippen LogP contribution in [0, 0.1) is 11.8 Å². The molecule has 1 aromatic rings. The van der Waals surface area contributed by atoms with Gasteiger partial charge in [-0.25, -0.2) is 0 Å². The summed E-state index contributed by atoms with van der Waals surface area (Å²) in [7, 11) is 0. The summed E-state index contributed by atoms with van der Waals surface area (Å²) in [5.74, 6) is 2.90. The van der Waals surface area contributed by atoms with Crippen LogP contribution in [0.25, 0.3) is 0 Å². The van der Waals surface area contributed by atoms with Gasteiger partial charge in [-0.3, -0.25) is 4.90 Å². The lowest BCUT2D eigenvalue weighted by molar-refractivity contribution is 0.213. The molecule has 114 valence electrons. The molecule has 3 fully saturated rings. The summed E-state index contributed by atoms with van der Waals surface area (Å²) in [5.41, 5.74) is 0. The zero-order chi connectivity index (χ0) is 14.1. The Balaban J connectivity index is 1.20. The predicted molar refractivity (Wildman–Crippen MR) is 84.5 cm³/mol. The first-order chi connectivity index (χ1) is 10.4. The Morgan fingerprint density at radius 3 is 2.43 bits per heavy atom. The minimum absolute atomic E-state index is 0.849. The molecule has 0 saturated carbocycles. The first-order valence-corrected chi connectivity index (χ1v) is 8.58. The fraction of sp³-hybridized carbons (Fsp3) is 0.667. The molecule has 3 heterocycles. The Labute approximate surface area is 127 Å². The van der Waals surface area contributed by atoms with E-state index in [4.69, 9.17) is 4.74 Å². The number of para-hydroxylation sites is 1. The van der Waals surface area contributed by atoms with E-state index in [0.717, 1.165) is 36.3 Å². The van der Waals surface area contributed by atoms with Crippen LogP contribution in [-0.2, 0) is 0 Å². The van der Waals surface area contributed by atoms with Crippen molar-refractivity contribution in [1.82, 2.24) is 10.2 Å². The van der Waals surface area contributed by atoms with Gasteiger partial charge in [0, 0.05) is 12.1 Å². The van der Waals surface area contributed by atoms with Gasteiger partial charge >= 0.3 is 0 Å². The summed E-state index contributed by atoms with van der Waals surface area (Å²) in [6.45, 7) is 4.65. The number of benzene rings is 1. The molecule has 4 atom stereocenters. The monoisotopic (exact) mass is 286 g/mol. The van der Waals surface area contributed by atoms with Crippen LogP contribution >= 0.6 is 0 Å². The van der Waals surface area contributed by atoms with E-state index >= 15 is 0 Å². The fourth-order valence-corrected chi connectivity index (χ4v) is 4.84. The van der Waals surface area contributed by atoms with Crippen LogP contribution in [0.2, 0.25) is 0 Å². The summed E-state index contributed by atoms with van der Waals surface area (Å²) in [5, 5.41) is 3.59. The van der Waals surface area contributed by atoms with Gasteiger partial charge in [-0.15, -0.1) is 0 Å². The van der Waals surface area contributed by atoms with Gasteiger partial charge in [-0.1, -0.05) is 18.2 Å². The van der Waals surface area contributed by atoms with Crippen molar-refractivity contribution < 1.29 is 4.74 Å². The lowest BCUT2D eigenvalue weighted by Crippen LogP contribution is -2.35. The van der Waals surface area contributed by atoms with Crippen molar-refractivity contribution in [2.45, 2.75) is 37.8 Å². The van der Waals surface area contributed by atoms with Crippen molar-refractivity contribution in [2.24, 2.45) is 11.8 Å². The van der Waals surface area contributed by atoms with Crippen LogP contribution in [0.5, 0.6) is 5.75 Å². The van der Waals surface area contributed by atoms with Gasteiger partial charge in [-0.2, -0.15) is 0 Å². The van der Waals surface area contributed by atoms with Crippen molar-refractivity contribution in [1.29, 1.82) is 0 Å². The van der Waals surface area contributed by atoms with Crippen molar-refractivity contribution in [3.8, 4) is 5.75 Å². The molecule has 0 spiro atoms. The molecule has 0 amide bonds. The molecular formula is C18H26N2O. The third-order valence-corrected chi connectivity index (χ3v) is 5.73. The van der Waals surface area contributed by atoms with Crippen LogP contribution in [-0.4, -0.2) is 43.2 Å². The first kappa shape index (κ1) is 13.6. The molecule has 0 radical (unpaired) electrons. The molecular weight excluding hydrogens is 260 g/mol. The molecule has 3 nitrogen and oxygen atoms in total. The van der Waals surface area contributed by atoms with Crippen molar-refractivity contribution in [2.75, 3.05) is 26.2 Å². The lowest BCUT2D eigenvalue weighted by Gasteiger charge is -2.24. The molecule has 1 N–H and O–H groups in total. The molecule has 3 saturated heterocycles. The van der Waals surface area contributed by atoms with E-state index in [1.165, 1.54) is 45.3 Å². The zero-order valence-corrected chi connectivity index (χ0v) is 12.7. The normalized spacial score (nSPS) is 34.3. The molecule has 2 bridgehead atoms. The number of unbranched alkanes of at least 4 members (excludes halogenated alkanes) is 1. The fourth-order valence-electron chi connectivity index (χ4n) is 4.84. The van der Waals surface area contributed by atoms with E-state index in [9.17, 15) is 0 Å². The van der Waals surface area contributed by atoms with E-state index < -0.39 is 0 Å². The Kier molecular flexibility index (Phi) is 3.87. The largest absolute Gasteiger partial charge is 0.494 e. The Morgan fingerprint density at radius 1 is 1.00 bits per heavy atom. The predicted octanol–water partition coefficient (Wildman–Crippen LogP) is 2.53. The van der Waals surface area contributed by atoms with Gasteiger partial charge in [0.2, 0.25) is 0 Å². The molecule has 0 aromatic heterocycles. The highest BCUT2D eigenvalue weighted by atomic mass is 16.5. The summed E-state index contributed by atoms with van der Waals surface area (Å²) in [6.07, 6.45) is 5.31. The molecule has 4 unspecified atom stereocenters. The minimum Gasteiger partial charge on any atom is -0.494 e. The highest BCUT2D eigenvalue weighted by Gasteiger charge is 2.53. The summed E-state index contributed by atoms with van der Waals surface area (Å²) < 4.78 is 5.79. The Hall–Kier alpha value is -1.06. The van der Waals surface area contributed by atoms with Gasteiger partial charge < -0.3 is 10.1 Å². The van der Waals surface area contributed by atoms with Crippen LogP contribution in [0.3, 0.4) is 0 Å². The third-order valence-electron chi connectivity index (χ3n) is 5.73. The van der Waals surface area contributed by atoms with Crippen molar-refractivity contribution >= 4 is 0 Å². The third kappa shape index (κ3) is 2.58. The van der Waals surface area contributed by atoms with E-state index in [1.54, 1.807) is 0 Å². The average Bonchev–Trinajstić information content (AvgIpc) is 3.20. The number of hydrogen-bond acceptors (Lipinski definition) is 3. The molecule has 3 aliphatic heterocycles. The van der Waals surface area contributed by atoms with Gasteiger partial charge in [0.15, 0.2) is 0 Å². The maximum atomic E-state index is 5.79. The van der Waals surface area contributed by atoms with Crippen LogP contribution in [0.1, 0.15) is 25.7 Å². The Morgan fingerprint density at radius 2 is 1.71 bits per heavy atom. The second-order valence-corrected chi connectivity index (χ2v) is 6.80. The molecule has 0 aliphatic carbocycles. The molecule has 1 aromatic carbocycles. The number of nitrogens with zero attached hydrogens (tertiary/aromatic N) is 1. The second kappa shape index (κ2) is 5.98. The second-order valence-electron chi connectivity index (χ2n) is 6.80. The number of ether oxygens (including phenoxy) is 1. The van der Waals surface area contributed by atoms with Crippen LogP contribution in [0.4, 0.5) is 0 Å². The average molecular weight is 286 g/mol. The van der Waals surface area contributed by atoms with Gasteiger partial charge in [0.1, 0.15) is 5.75 Å². The van der Waals surface area contributed by atoms with E-state index in [0.29, 0.717) is 0 Å². The number of hydrogen-bond donors (Lipinski definition) is 1. The summed E-state index contributed by atoms with van der Waals surface area (Å²) >= 11 is 0. The summed E-state index contributed by atoms with van der Waals surface area (Å²) in [6, 6.07) is 11.9. The molecule has 3 heteroatoms. The maximum absolute atomic E-state index is 5.79. The highest BCUT2D eigenvalue weighted by Crippen LogP contribution is 2.47. The van der Waals surface area contributed by atoms with Crippen molar-refractivity contribution in [3.05, 3.63) is 30.3 Å². The van der Waals surface area contributed by atoms with Crippen LogP contribution < -0.4 is 10.1 Å². The maximum Gasteiger partial charge on any atom is 0.119 e. The minimum atomic E-state index is 0.849. The lowest BCUT2D eigenvalue weighted by atomic mass is 9.82. The van der Waals surface area contributed by atoms with Gasteiger partial charge in [-0.05, 0) is 69.3 Å². The quantitative estimate of drug-likeness (QED) is 0.813. The smallest absolute Gasteiger partial charge is 0.119 e. The van der Waals surface area contributed by atoms with Gasteiger partial charge in [0.05, 0.1) is 6.61 Å². The Bertz CT molecular complexity index is 446. The topological polar surface area (TPSA) is 24.5 Å². The van der Waals surface area contributed by atoms with Crippen LogP contribution in [0.15, 0.2) is 30.3 Å². The first-order valence-electron chi connectivity index (χ1n) is 8.58. The van der Waals surface area contributed by atoms with Gasteiger partial charge in [0.25, 0.3) is 0 Å². The zero-order valence-electron chi connectivity index (χ0n) is 12.7. The molecule has 21 heavy (non-hydrogen) atoms.